The molecule has 0 aliphatic carbocycles. The van der Waals surface area contributed by atoms with Gasteiger partial charge >= 0.3 is 0 Å². The van der Waals surface area contributed by atoms with Crippen molar-refractivity contribution < 1.29 is 18.4 Å². The summed E-state index contributed by atoms with van der Waals surface area (Å²) in [6, 6.07) is 5.55. The van der Waals surface area contributed by atoms with Crippen molar-refractivity contribution >= 4 is 17.7 Å². The number of anilines is 1. The number of hydrogen-bond acceptors (Lipinski definition) is 7. The van der Waals surface area contributed by atoms with E-state index in [1.54, 1.807) is 12.1 Å². The van der Waals surface area contributed by atoms with E-state index in [2.05, 4.69) is 16.4 Å². The van der Waals surface area contributed by atoms with E-state index in [0.717, 1.165) is 32.2 Å². The minimum absolute atomic E-state index is 0.0567. The Morgan fingerprint density at radius 1 is 1.25 bits per heavy atom. The molecular weight excluding hydrogens is 410 g/mol. The molecular formula is C23H29N5O4. The van der Waals surface area contributed by atoms with E-state index in [1.807, 2.05) is 9.80 Å². The van der Waals surface area contributed by atoms with Gasteiger partial charge < -0.3 is 24.0 Å². The van der Waals surface area contributed by atoms with Crippen molar-refractivity contribution in [3.05, 3.63) is 24.1 Å². The van der Waals surface area contributed by atoms with Crippen molar-refractivity contribution in [2.75, 3.05) is 37.6 Å². The highest BCUT2D eigenvalue weighted by Gasteiger charge is 2.29. The predicted octanol–water partition coefficient (Wildman–Crippen LogP) is 2.93. The lowest BCUT2D eigenvalue weighted by Crippen LogP contribution is -2.41. The number of amides is 2. The second-order valence-corrected chi connectivity index (χ2v) is 8.36. The zero-order chi connectivity index (χ0) is 22.3. The fraction of sp³-hybridized carbons (Fsp3) is 0.565. The lowest BCUT2D eigenvalue weighted by molar-refractivity contribution is -0.130. The number of hydrogen-bond donors (Lipinski definition) is 1. The third-order valence-corrected chi connectivity index (χ3v) is 6.18. The van der Waals surface area contributed by atoms with Crippen LogP contribution in [0, 0.1) is 17.2 Å². The van der Waals surface area contributed by atoms with E-state index in [0.29, 0.717) is 57.1 Å². The molecule has 9 heteroatoms. The third kappa shape index (κ3) is 5.13. The first-order valence-corrected chi connectivity index (χ1v) is 11.4. The smallest absolute Gasteiger partial charge is 0.266 e. The van der Waals surface area contributed by atoms with Gasteiger partial charge in [-0.2, -0.15) is 10.2 Å². The van der Waals surface area contributed by atoms with Gasteiger partial charge in [0, 0.05) is 45.1 Å². The summed E-state index contributed by atoms with van der Waals surface area (Å²) < 4.78 is 11.1. The van der Waals surface area contributed by atoms with Crippen molar-refractivity contribution in [3.63, 3.8) is 0 Å². The summed E-state index contributed by atoms with van der Waals surface area (Å²) in [5.74, 6) is 1.42. The first-order valence-electron chi connectivity index (χ1n) is 11.4. The van der Waals surface area contributed by atoms with Crippen LogP contribution < -0.4 is 10.2 Å². The first kappa shape index (κ1) is 21.9. The maximum Gasteiger partial charge on any atom is 0.266 e. The molecule has 4 rings (SSSR count). The number of rotatable bonds is 7. The van der Waals surface area contributed by atoms with E-state index in [4.69, 9.17) is 8.83 Å². The van der Waals surface area contributed by atoms with Crippen molar-refractivity contribution in [1.29, 1.82) is 5.26 Å². The van der Waals surface area contributed by atoms with Gasteiger partial charge in [0.1, 0.15) is 6.07 Å². The molecule has 2 amide bonds. The van der Waals surface area contributed by atoms with Crippen LogP contribution in [0.25, 0.3) is 11.7 Å². The molecule has 0 bridgehead atoms. The van der Waals surface area contributed by atoms with E-state index in [-0.39, 0.29) is 29.3 Å². The van der Waals surface area contributed by atoms with Crippen LogP contribution in [-0.2, 0) is 9.59 Å². The van der Waals surface area contributed by atoms with E-state index < -0.39 is 0 Å². The van der Waals surface area contributed by atoms with Gasteiger partial charge in [0.25, 0.3) is 5.89 Å². The second-order valence-electron chi connectivity index (χ2n) is 8.36. The molecule has 2 aliphatic rings. The Bertz CT molecular complexity index is 954. The molecule has 0 atom stereocenters. The summed E-state index contributed by atoms with van der Waals surface area (Å²) in [6.45, 7) is 3.34. The largest absolute Gasteiger partial charge is 0.459 e. The summed E-state index contributed by atoms with van der Waals surface area (Å²) in [7, 11) is 0. The lowest BCUT2D eigenvalue weighted by Gasteiger charge is -2.31. The Hall–Kier alpha value is -3.28. The molecule has 2 aliphatic heterocycles. The van der Waals surface area contributed by atoms with Crippen molar-refractivity contribution in [2.45, 2.75) is 44.9 Å². The summed E-state index contributed by atoms with van der Waals surface area (Å²) in [6.07, 6.45) is 7.47. The molecule has 2 saturated heterocycles. The molecule has 0 saturated carbocycles. The standard InChI is InChI=1S/C23H29N5O4/c24-16-18-23(32-22(26-18)19-6-4-15-31-19)28-13-8-17(9-14-28)21(30)25-10-5-12-27-11-3-1-2-7-20(27)29/h4,6,15,17H,1-3,5,7-14H2,(H,25,30). The van der Waals surface area contributed by atoms with Crippen molar-refractivity contribution in [2.24, 2.45) is 5.92 Å². The summed E-state index contributed by atoms with van der Waals surface area (Å²) in [5, 5.41) is 12.5. The number of carbonyl (C=O) groups excluding carboxylic acids is 2. The van der Waals surface area contributed by atoms with Crippen LogP contribution in [0.5, 0.6) is 0 Å². The Morgan fingerprint density at radius 2 is 2.09 bits per heavy atom. The molecule has 4 heterocycles. The zero-order valence-corrected chi connectivity index (χ0v) is 18.2. The van der Waals surface area contributed by atoms with Gasteiger partial charge in [-0.15, -0.1) is 0 Å². The maximum absolute atomic E-state index is 12.6. The first-order chi connectivity index (χ1) is 15.7. The Kier molecular flexibility index (Phi) is 7.10. The van der Waals surface area contributed by atoms with Gasteiger partial charge in [-0.3, -0.25) is 9.59 Å². The van der Waals surface area contributed by atoms with Crippen LogP contribution in [0.3, 0.4) is 0 Å². The summed E-state index contributed by atoms with van der Waals surface area (Å²) in [4.78, 5) is 32.8. The highest BCUT2D eigenvalue weighted by molar-refractivity contribution is 5.79. The molecule has 0 radical (unpaired) electrons. The molecule has 9 nitrogen and oxygen atoms in total. The zero-order valence-electron chi connectivity index (χ0n) is 18.2. The fourth-order valence-electron chi connectivity index (χ4n) is 4.35. The minimum Gasteiger partial charge on any atom is -0.459 e. The molecule has 0 spiro atoms. The van der Waals surface area contributed by atoms with Gasteiger partial charge in [0.15, 0.2) is 5.76 Å². The molecule has 1 N–H and O–H groups in total. The lowest BCUT2D eigenvalue weighted by atomic mass is 9.96. The Labute approximate surface area is 187 Å². The van der Waals surface area contributed by atoms with Crippen LogP contribution >= 0.6 is 0 Å². The van der Waals surface area contributed by atoms with E-state index >= 15 is 0 Å². The van der Waals surface area contributed by atoms with Crippen LogP contribution in [0.15, 0.2) is 27.2 Å². The highest BCUT2D eigenvalue weighted by Crippen LogP contribution is 2.31. The molecule has 2 aromatic heterocycles. The van der Waals surface area contributed by atoms with Crippen LogP contribution in [0.1, 0.15) is 50.6 Å². The molecule has 0 aromatic carbocycles. The number of oxazole rings is 1. The molecule has 170 valence electrons. The molecule has 2 fully saturated rings. The number of carbonyl (C=O) groups is 2. The highest BCUT2D eigenvalue weighted by atomic mass is 16.4. The van der Waals surface area contributed by atoms with E-state index in [1.165, 1.54) is 6.26 Å². The fourth-order valence-corrected chi connectivity index (χ4v) is 4.35. The number of likely N-dealkylation sites (tertiary alicyclic amines) is 1. The Morgan fingerprint density at radius 3 is 2.84 bits per heavy atom. The average Bonchev–Trinajstić information content (AvgIpc) is 3.45. The van der Waals surface area contributed by atoms with Crippen molar-refractivity contribution in [1.82, 2.24) is 15.2 Å². The second kappa shape index (κ2) is 10.4. The number of furan rings is 1. The normalized spacial score (nSPS) is 17.8. The van der Waals surface area contributed by atoms with Crippen LogP contribution in [0.4, 0.5) is 5.88 Å². The van der Waals surface area contributed by atoms with E-state index in [9.17, 15) is 14.9 Å². The van der Waals surface area contributed by atoms with Gasteiger partial charge in [-0.25, -0.2) is 0 Å². The van der Waals surface area contributed by atoms with Gasteiger partial charge in [-0.05, 0) is 44.2 Å². The molecule has 32 heavy (non-hydrogen) atoms. The number of nitriles is 1. The molecule has 0 unspecified atom stereocenters. The Balaban J connectivity index is 1.23. The van der Waals surface area contributed by atoms with Crippen LogP contribution in [-0.4, -0.2) is 54.4 Å². The van der Waals surface area contributed by atoms with Gasteiger partial charge in [-0.1, -0.05) is 6.42 Å². The number of piperidine rings is 1. The van der Waals surface area contributed by atoms with Crippen LogP contribution in [0.2, 0.25) is 0 Å². The average molecular weight is 440 g/mol. The van der Waals surface area contributed by atoms with Crippen molar-refractivity contribution in [3.8, 4) is 17.7 Å². The maximum atomic E-state index is 12.6. The quantitative estimate of drug-likeness (QED) is 0.660. The topological polar surface area (TPSA) is 116 Å². The van der Waals surface area contributed by atoms with Gasteiger partial charge in [0.2, 0.25) is 23.4 Å². The number of nitrogens with zero attached hydrogens (tertiary/aromatic N) is 4. The monoisotopic (exact) mass is 439 g/mol. The predicted molar refractivity (Wildman–Crippen MR) is 117 cm³/mol. The third-order valence-electron chi connectivity index (χ3n) is 6.18. The summed E-state index contributed by atoms with van der Waals surface area (Å²) >= 11 is 0. The number of nitrogens with one attached hydrogen (secondary N) is 1. The molecule has 2 aromatic rings. The summed E-state index contributed by atoms with van der Waals surface area (Å²) in [5.41, 5.74) is 0.224. The number of aromatic nitrogens is 1. The minimum atomic E-state index is -0.0657. The SMILES string of the molecule is N#Cc1nc(-c2ccco2)oc1N1CCC(C(=O)NCCCN2CCCCCC2=O)CC1. The van der Waals surface area contributed by atoms with Gasteiger partial charge in [0.05, 0.1) is 6.26 Å².